The zero-order valence-corrected chi connectivity index (χ0v) is 12.8. The molecule has 1 rings (SSSR count). The number of likely N-dealkylation sites (N-methyl/N-ethyl adjacent to an activating group) is 1. The van der Waals surface area contributed by atoms with Crippen molar-refractivity contribution in [1.29, 1.82) is 0 Å². The van der Waals surface area contributed by atoms with E-state index in [0.29, 0.717) is 13.2 Å². The van der Waals surface area contributed by atoms with Gasteiger partial charge < -0.3 is 9.64 Å². The molecule has 1 aromatic heterocycles. The van der Waals surface area contributed by atoms with E-state index < -0.39 is 6.10 Å². The summed E-state index contributed by atoms with van der Waals surface area (Å²) in [5.74, 6) is -0.0197. The molecule has 0 aliphatic carbocycles. The van der Waals surface area contributed by atoms with Crippen LogP contribution in [0.15, 0.2) is 6.07 Å². The van der Waals surface area contributed by atoms with Gasteiger partial charge in [-0.1, -0.05) is 20.8 Å². The molecular weight excluding hydrogens is 242 g/mol. The third kappa shape index (κ3) is 4.35. The number of aromatic amines is 1. The first-order valence-corrected chi connectivity index (χ1v) is 6.67. The molecule has 0 fully saturated rings. The number of carbonyl (C=O) groups excluding carboxylic acids is 1. The molecule has 1 atom stereocenters. The molecule has 19 heavy (non-hydrogen) atoms. The second-order valence-corrected chi connectivity index (χ2v) is 5.82. The average Bonchev–Trinajstić information content (AvgIpc) is 2.76. The van der Waals surface area contributed by atoms with Gasteiger partial charge in [-0.3, -0.25) is 9.89 Å². The molecule has 5 heteroatoms. The molecule has 0 unspecified atom stereocenters. The van der Waals surface area contributed by atoms with Gasteiger partial charge in [-0.2, -0.15) is 5.10 Å². The number of amides is 1. The smallest absolute Gasteiger partial charge is 0.251 e. The summed E-state index contributed by atoms with van der Waals surface area (Å²) >= 11 is 0. The largest absolute Gasteiger partial charge is 0.369 e. The number of ether oxygens (including phenoxy) is 1. The van der Waals surface area contributed by atoms with E-state index in [2.05, 4.69) is 31.0 Å². The maximum Gasteiger partial charge on any atom is 0.251 e. The number of rotatable bonds is 5. The Morgan fingerprint density at radius 3 is 2.63 bits per heavy atom. The summed E-state index contributed by atoms with van der Waals surface area (Å²) in [6, 6.07) is 2.01. The van der Waals surface area contributed by atoms with Crippen molar-refractivity contribution in [1.82, 2.24) is 15.1 Å². The summed E-state index contributed by atoms with van der Waals surface area (Å²) < 4.78 is 5.30. The molecule has 0 aliphatic heterocycles. The lowest BCUT2D eigenvalue weighted by Crippen LogP contribution is -2.36. The number of nitrogens with zero attached hydrogens (tertiary/aromatic N) is 2. The fourth-order valence-electron chi connectivity index (χ4n) is 1.79. The van der Waals surface area contributed by atoms with E-state index in [0.717, 1.165) is 11.4 Å². The SMILES string of the molecule is CCO[C@@H](C)C(=O)N(C)Cc1cc(C(C)(C)C)n[nH]1. The molecule has 108 valence electrons. The molecule has 1 amide bonds. The first-order chi connectivity index (χ1) is 8.75. The van der Waals surface area contributed by atoms with E-state index in [1.54, 1.807) is 18.9 Å². The highest BCUT2D eigenvalue weighted by atomic mass is 16.5. The van der Waals surface area contributed by atoms with E-state index in [-0.39, 0.29) is 11.3 Å². The van der Waals surface area contributed by atoms with Crippen molar-refractivity contribution in [3.8, 4) is 0 Å². The Labute approximate surface area is 115 Å². The number of hydrogen-bond donors (Lipinski definition) is 1. The molecule has 0 radical (unpaired) electrons. The highest BCUT2D eigenvalue weighted by Gasteiger charge is 2.20. The minimum absolute atomic E-state index is 0.00986. The maximum absolute atomic E-state index is 12.0. The number of carbonyl (C=O) groups is 1. The molecule has 0 saturated carbocycles. The highest BCUT2D eigenvalue weighted by Crippen LogP contribution is 2.20. The van der Waals surface area contributed by atoms with Crippen LogP contribution in [-0.2, 0) is 21.5 Å². The Kier molecular flexibility index (Phi) is 5.11. The first-order valence-electron chi connectivity index (χ1n) is 6.67. The Balaban J connectivity index is 2.64. The van der Waals surface area contributed by atoms with Crippen LogP contribution < -0.4 is 0 Å². The van der Waals surface area contributed by atoms with Gasteiger partial charge >= 0.3 is 0 Å². The summed E-state index contributed by atoms with van der Waals surface area (Å²) in [5.41, 5.74) is 1.95. The lowest BCUT2D eigenvalue weighted by molar-refractivity contribution is -0.141. The van der Waals surface area contributed by atoms with E-state index >= 15 is 0 Å². The number of nitrogens with one attached hydrogen (secondary N) is 1. The quantitative estimate of drug-likeness (QED) is 0.888. The number of H-pyrrole nitrogens is 1. The van der Waals surface area contributed by atoms with Crippen molar-refractivity contribution in [2.75, 3.05) is 13.7 Å². The Morgan fingerprint density at radius 1 is 1.53 bits per heavy atom. The predicted octanol–water partition coefficient (Wildman–Crippen LogP) is 2.09. The third-order valence-electron chi connectivity index (χ3n) is 2.95. The Morgan fingerprint density at radius 2 is 2.16 bits per heavy atom. The van der Waals surface area contributed by atoms with Crippen molar-refractivity contribution in [2.45, 2.75) is 52.7 Å². The van der Waals surface area contributed by atoms with E-state index in [1.807, 2.05) is 13.0 Å². The van der Waals surface area contributed by atoms with Crippen molar-refractivity contribution < 1.29 is 9.53 Å². The van der Waals surface area contributed by atoms with Crippen molar-refractivity contribution >= 4 is 5.91 Å². The normalized spacial score (nSPS) is 13.4. The minimum Gasteiger partial charge on any atom is -0.369 e. The molecule has 0 aromatic carbocycles. The molecule has 0 spiro atoms. The van der Waals surface area contributed by atoms with E-state index in [1.165, 1.54) is 0 Å². The molecule has 0 aliphatic rings. The van der Waals surface area contributed by atoms with Crippen molar-refractivity contribution in [3.63, 3.8) is 0 Å². The van der Waals surface area contributed by atoms with Gasteiger partial charge in [0.25, 0.3) is 5.91 Å². The monoisotopic (exact) mass is 267 g/mol. The standard InChI is InChI=1S/C14H25N3O2/c1-7-19-10(2)13(18)17(6)9-11-8-12(16-15-11)14(3,4)5/h8,10H,7,9H2,1-6H3,(H,15,16)/t10-/m0/s1. The minimum atomic E-state index is -0.403. The molecule has 5 nitrogen and oxygen atoms in total. The average molecular weight is 267 g/mol. The van der Waals surface area contributed by atoms with E-state index in [9.17, 15) is 4.79 Å². The van der Waals surface area contributed by atoms with Crippen LogP contribution in [0.25, 0.3) is 0 Å². The van der Waals surface area contributed by atoms with Crippen LogP contribution in [0.1, 0.15) is 46.0 Å². The van der Waals surface area contributed by atoms with Crippen LogP contribution in [-0.4, -0.2) is 40.8 Å². The number of aromatic nitrogens is 2. The summed E-state index contributed by atoms with van der Waals surface area (Å²) in [4.78, 5) is 13.7. The Bertz CT molecular complexity index is 421. The fraction of sp³-hybridized carbons (Fsp3) is 0.714. The second kappa shape index (κ2) is 6.19. The van der Waals surface area contributed by atoms with Crippen molar-refractivity contribution in [3.05, 3.63) is 17.5 Å². The zero-order chi connectivity index (χ0) is 14.6. The molecule has 1 heterocycles. The van der Waals surface area contributed by atoms with Crippen LogP contribution in [0.4, 0.5) is 0 Å². The van der Waals surface area contributed by atoms with Gasteiger partial charge in [-0.05, 0) is 19.9 Å². The van der Waals surface area contributed by atoms with Gasteiger partial charge in [-0.25, -0.2) is 0 Å². The lowest BCUT2D eigenvalue weighted by atomic mass is 9.92. The number of hydrogen-bond acceptors (Lipinski definition) is 3. The van der Waals surface area contributed by atoms with Crippen LogP contribution in [0, 0.1) is 0 Å². The van der Waals surface area contributed by atoms with Gasteiger partial charge in [0.1, 0.15) is 6.10 Å². The summed E-state index contributed by atoms with van der Waals surface area (Å²) in [6.45, 7) is 11.0. The van der Waals surface area contributed by atoms with Crippen LogP contribution in [0.5, 0.6) is 0 Å². The highest BCUT2D eigenvalue weighted by molar-refractivity contribution is 5.80. The van der Waals surface area contributed by atoms with Crippen LogP contribution in [0.3, 0.4) is 0 Å². The van der Waals surface area contributed by atoms with Gasteiger partial charge in [0.2, 0.25) is 0 Å². The zero-order valence-electron chi connectivity index (χ0n) is 12.8. The predicted molar refractivity (Wildman–Crippen MR) is 74.8 cm³/mol. The lowest BCUT2D eigenvalue weighted by Gasteiger charge is -2.20. The Hall–Kier alpha value is -1.36. The van der Waals surface area contributed by atoms with Crippen LogP contribution >= 0.6 is 0 Å². The van der Waals surface area contributed by atoms with Crippen LogP contribution in [0.2, 0.25) is 0 Å². The van der Waals surface area contributed by atoms with Gasteiger partial charge in [-0.15, -0.1) is 0 Å². The summed E-state index contributed by atoms with van der Waals surface area (Å²) in [5, 5.41) is 7.27. The molecule has 0 saturated heterocycles. The third-order valence-corrected chi connectivity index (χ3v) is 2.95. The molecule has 1 N–H and O–H groups in total. The first kappa shape index (κ1) is 15.7. The second-order valence-electron chi connectivity index (χ2n) is 5.82. The van der Waals surface area contributed by atoms with Gasteiger partial charge in [0.15, 0.2) is 0 Å². The maximum atomic E-state index is 12.0. The van der Waals surface area contributed by atoms with Gasteiger partial charge in [0, 0.05) is 19.1 Å². The van der Waals surface area contributed by atoms with E-state index in [4.69, 9.17) is 4.74 Å². The molecule has 1 aromatic rings. The molecular formula is C14H25N3O2. The molecule has 0 bridgehead atoms. The van der Waals surface area contributed by atoms with Gasteiger partial charge in [0.05, 0.1) is 17.9 Å². The van der Waals surface area contributed by atoms with Crippen molar-refractivity contribution in [2.24, 2.45) is 0 Å². The topological polar surface area (TPSA) is 58.2 Å². The summed E-state index contributed by atoms with van der Waals surface area (Å²) in [6.07, 6.45) is -0.403. The summed E-state index contributed by atoms with van der Waals surface area (Å²) in [7, 11) is 1.77. The fourth-order valence-corrected chi connectivity index (χ4v) is 1.79.